The van der Waals surface area contributed by atoms with Crippen LogP contribution in [-0.4, -0.2) is 36.1 Å². The molecule has 0 bridgehead atoms. The van der Waals surface area contributed by atoms with Crippen LogP contribution >= 0.6 is 0 Å². The number of hydrogen-bond acceptors (Lipinski definition) is 2. The maximum Gasteiger partial charge on any atom is 0.311 e. The third-order valence-electron chi connectivity index (χ3n) is 4.04. The van der Waals surface area contributed by atoms with Crippen LogP contribution in [0.4, 0.5) is 4.39 Å². The van der Waals surface area contributed by atoms with Gasteiger partial charge in [0, 0.05) is 0 Å². The van der Waals surface area contributed by atoms with Crippen LogP contribution in [0.25, 0.3) is 0 Å². The lowest BCUT2D eigenvalue weighted by Gasteiger charge is -2.32. The summed E-state index contributed by atoms with van der Waals surface area (Å²) in [7, 11) is 2.05. The van der Waals surface area contributed by atoms with Crippen LogP contribution in [0.5, 0.6) is 0 Å². The Morgan fingerprint density at radius 2 is 2.05 bits per heavy atom. The molecule has 0 aliphatic carbocycles. The Kier molecular flexibility index (Phi) is 4.20. The van der Waals surface area contributed by atoms with Crippen molar-refractivity contribution in [2.24, 2.45) is 5.92 Å². The van der Waals surface area contributed by atoms with Crippen molar-refractivity contribution in [1.82, 2.24) is 4.90 Å². The molecule has 0 saturated carbocycles. The zero-order chi connectivity index (χ0) is 14.0. The predicted molar refractivity (Wildman–Crippen MR) is 71.7 cm³/mol. The lowest BCUT2D eigenvalue weighted by atomic mass is 9.80. The number of carbonyl (C=O) groups is 1. The van der Waals surface area contributed by atoms with Crippen LogP contribution in [0.15, 0.2) is 18.2 Å². The van der Waals surface area contributed by atoms with Crippen LogP contribution in [0, 0.1) is 18.7 Å². The Bertz CT molecular complexity index is 467. The normalized spacial score (nSPS) is 19.3. The van der Waals surface area contributed by atoms with Crippen molar-refractivity contribution >= 4 is 5.97 Å². The fraction of sp³-hybridized carbons (Fsp3) is 0.533. The highest BCUT2D eigenvalue weighted by atomic mass is 19.1. The number of carboxylic acid groups (broad SMARTS) is 1. The number of hydrogen-bond donors (Lipinski definition) is 1. The predicted octanol–water partition coefficient (Wildman–Crippen LogP) is 2.64. The van der Waals surface area contributed by atoms with Gasteiger partial charge in [-0.15, -0.1) is 0 Å². The molecule has 0 radical (unpaired) electrons. The second kappa shape index (κ2) is 5.70. The number of rotatable bonds is 3. The third-order valence-corrected chi connectivity index (χ3v) is 4.04. The SMILES string of the molecule is Cc1cc(C(C(=O)O)C2CCN(C)CC2)ccc1F. The summed E-state index contributed by atoms with van der Waals surface area (Å²) in [4.78, 5) is 13.8. The zero-order valence-corrected chi connectivity index (χ0v) is 11.4. The average molecular weight is 265 g/mol. The van der Waals surface area contributed by atoms with E-state index in [0.29, 0.717) is 5.56 Å². The molecular weight excluding hydrogens is 245 g/mol. The van der Waals surface area contributed by atoms with Gasteiger partial charge >= 0.3 is 5.97 Å². The number of benzene rings is 1. The van der Waals surface area contributed by atoms with Gasteiger partial charge in [0.05, 0.1) is 5.92 Å². The number of likely N-dealkylation sites (tertiary alicyclic amines) is 1. The summed E-state index contributed by atoms with van der Waals surface area (Å²) < 4.78 is 13.3. The van der Waals surface area contributed by atoms with Gasteiger partial charge in [-0.05, 0) is 63.0 Å². The van der Waals surface area contributed by atoms with Gasteiger partial charge in [0.2, 0.25) is 0 Å². The molecule has 1 aromatic carbocycles. The molecule has 104 valence electrons. The van der Waals surface area contributed by atoms with Crippen molar-refractivity contribution in [3.63, 3.8) is 0 Å². The van der Waals surface area contributed by atoms with Crippen molar-refractivity contribution in [2.45, 2.75) is 25.7 Å². The molecule has 0 aromatic heterocycles. The highest BCUT2D eigenvalue weighted by Gasteiger charge is 2.32. The molecule has 1 unspecified atom stereocenters. The van der Waals surface area contributed by atoms with E-state index in [0.717, 1.165) is 31.5 Å². The molecular formula is C15H20FNO2. The van der Waals surface area contributed by atoms with E-state index in [2.05, 4.69) is 4.90 Å². The first kappa shape index (κ1) is 14.0. The molecule has 0 spiro atoms. The fourth-order valence-electron chi connectivity index (χ4n) is 2.84. The number of aliphatic carboxylic acids is 1. The van der Waals surface area contributed by atoms with Gasteiger partial charge in [0.1, 0.15) is 5.82 Å². The largest absolute Gasteiger partial charge is 0.481 e. The summed E-state index contributed by atoms with van der Waals surface area (Å²) in [5, 5.41) is 9.50. The molecule has 1 N–H and O–H groups in total. The molecule has 1 aliphatic rings. The van der Waals surface area contributed by atoms with Gasteiger partial charge in [0.25, 0.3) is 0 Å². The van der Waals surface area contributed by atoms with Gasteiger partial charge in [-0.1, -0.05) is 12.1 Å². The van der Waals surface area contributed by atoms with E-state index in [1.165, 1.54) is 6.07 Å². The summed E-state index contributed by atoms with van der Waals surface area (Å²) in [5.41, 5.74) is 1.23. The number of halogens is 1. The van der Waals surface area contributed by atoms with Crippen molar-refractivity contribution < 1.29 is 14.3 Å². The number of carboxylic acids is 1. The van der Waals surface area contributed by atoms with Crippen molar-refractivity contribution in [3.8, 4) is 0 Å². The van der Waals surface area contributed by atoms with Crippen LogP contribution in [0.1, 0.15) is 29.9 Å². The van der Waals surface area contributed by atoms with Crippen LogP contribution < -0.4 is 0 Å². The molecule has 2 rings (SSSR count). The molecule has 1 saturated heterocycles. The maximum atomic E-state index is 13.3. The minimum Gasteiger partial charge on any atom is -0.481 e. The number of nitrogens with zero attached hydrogens (tertiary/aromatic N) is 1. The Morgan fingerprint density at radius 1 is 1.42 bits per heavy atom. The summed E-state index contributed by atoms with van der Waals surface area (Å²) in [6.07, 6.45) is 1.76. The summed E-state index contributed by atoms with van der Waals surface area (Å²) in [5.74, 6) is -1.47. The Hall–Kier alpha value is -1.42. The number of piperidine rings is 1. The van der Waals surface area contributed by atoms with Gasteiger partial charge in [-0.2, -0.15) is 0 Å². The molecule has 19 heavy (non-hydrogen) atoms. The summed E-state index contributed by atoms with van der Waals surface area (Å²) >= 11 is 0. The van der Waals surface area contributed by atoms with Crippen molar-refractivity contribution in [2.75, 3.05) is 20.1 Å². The van der Waals surface area contributed by atoms with E-state index in [9.17, 15) is 14.3 Å². The third kappa shape index (κ3) is 3.13. The minimum absolute atomic E-state index is 0.138. The molecule has 1 atom stereocenters. The lowest BCUT2D eigenvalue weighted by Crippen LogP contribution is -2.35. The molecule has 1 fully saturated rings. The first-order valence-corrected chi connectivity index (χ1v) is 6.66. The first-order valence-electron chi connectivity index (χ1n) is 6.66. The Labute approximate surface area is 113 Å². The fourth-order valence-corrected chi connectivity index (χ4v) is 2.84. The minimum atomic E-state index is -0.805. The topological polar surface area (TPSA) is 40.5 Å². The monoisotopic (exact) mass is 265 g/mol. The van der Waals surface area contributed by atoms with E-state index in [1.54, 1.807) is 19.1 Å². The highest BCUT2D eigenvalue weighted by molar-refractivity contribution is 5.76. The van der Waals surface area contributed by atoms with E-state index in [-0.39, 0.29) is 11.7 Å². The second-order valence-corrected chi connectivity index (χ2v) is 5.47. The van der Waals surface area contributed by atoms with Gasteiger partial charge in [0.15, 0.2) is 0 Å². The Balaban J connectivity index is 2.24. The molecule has 1 heterocycles. The molecule has 4 heteroatoms. The molecule has 1 aromatic rings. The van der Waals surface area contributed by atoms with Crippen molar-refractivity contribution in [3.05, 3.63) is 35.1 Å². The van der Waals surface area contributed by atoms with Crippen LogP contribution in [0.3, 0.4) is 0 Å². The summed E-state index contributed by atoms with van der Waals surface area (Å²) in [6, 6.07) is 4.65. The average Bonchev–Trinajstić information content (AvgIpc) is 2.36. The zero-order valence-electron chi connectivity index (χ0n) is 11.4. The van der Waals surface area contributed by atoms with E-state index in [1.807, 2.05) is 7.05 Å². The van der Waals surface area contributed by atoms with Crippen LogP contribution in [-0.2, 0) is 4.79 Å². The van der Waals surface area contributed by atoms with Gasteiger partial charge in [-0.25, -0.2) is 4.39 Å². The van der Waals surface area contributed by atoms with Gasteiger partial charge in [-0.3, -0.25) is 4.79 Å². The van der Waals surface area contributed by atoms with E-state index >= 15 is 0 Å². The highest BCUT2D eigenvalue weighted by Crippen LogP contribution is 2.33. The molecule has 3 nitrogen and oxygen atoms in total. The molecule has 1 aliphatic heterocycles. The van der Waals surface area contributed by atoms with E-state index in [4.69, 9.17) is 0 Å². The van der Waals surface area contributed by atoms with Gasteiger partial charge < -0.3 is 10.0 Å². The van der Waals surface area contributed by atoms with Crippen LogP contribution in [0.2, 0.25) is 0 Å². The van der Waals surface area contributed by atoms with Crippen molar-refractivity contribution in [1.29, 1.82) is 0 Å². The maximum absolute atomic E-state index is 13.3. The second-order valence-electron chi connectivity index (χ2n) is 5.47. The first-order chi connectivity index (χ1) is 8.99. The number of aryl methyl sites for hydroxylation is 1. The quantitative estimate of drug-likeness (QED) is 0.913. The smallest absolute Gasteiger partial charge is 0.311 e. The lowest BCUT2D eigenvalue weighted by molar-refractivity contribution is -0.140. The molecule has 0 amide bonds. The van der Waals surface area contributed by atoms with E-state index < -0.39 is 11.9 Å². The standard InChI is InChI=1S/C15H20FNO2/c1-10-9-12(3-4-13(10)16)14(15(18)19)11-5-7-17(2)8-6-11/h3-4,9,11,14H,5-8H2,1-2H3,(H,18,19). The summed E-state index contributed by atoms with van der Waals surface area (Å²) in [6.45, 7) is 3.52. The Morgan fingerprint density at radius 3 is 2.58 bits per heavy atom.